The Morgan fingerprint density at radius 2 is 0.885 bits per heavy atom. The normalized spacial score (nSPS) is 10.3. The van der Waals surface area contributed by atoms with E-state index in [1.165, 1.54) is 0 Å². The molecule has 0 fully saturated rings. The number of hydrogen-bond donors (Lipinski definition) is 0. The van der Waals surface area contributed by atoms with Gasteiger partial charge in [-0.05, 0) is 37.1 Å². The molecule has 4 nitrogen and oxygen atoms in total. The van der Waals surface area contributed by atoms with E-state index in [1.807, 2.05) is 36.4 Å². The lowest BCUT2D eigenvalue weighted by Gasteiger charge is -2.06. The average molecular weight is 354 g/mol. The van der Waals surface area contributed by atoms with Crippen LogP contribution in [0.25, 0.3) is 0 Å². The van der Waals surface area contributed by atoms with Crippen molar-refractivity contribution < 1.29 is 19.1 Å². The zero-order valence-corrected chi connectivity index (χ0v) is 15.1. The second-order valence-electron chi connectivity index (χ2n) is 6.13. The molecule has 0 heterocycles. The number of benzene rings is 2. The van der Waals surface area contributed by atoms with Gasteiger partial charge in [0.25, 0.3) is 0 Å². The predicted octanol–water partition coefficient (Wildman–Crippen LogP) is 5.04. The fraction of sp³-hybridized carbons (Fsp3) is 0.364. The third-order valence-corrected chi connectivity index (χ3v) is 4.02. The molecule has 0 N–H and O–H groups in total. The highest BCUT2D eigenvalue weighted by atomic mass is 16.5. The van der Waals surface area contributed by atoms with Gasteiger partial charge in [0.05, 0.1) is 24.3 Å². The van der Waals surface area contributed by atoms with E-state index in [0.717, 1.165) is 38.5 Å². The first-order chi connectivity index (χ1) is 12.8. The van der Waals surface area contributed by atoms with Gasteiger partial charge >= 0.3 is 11.9 Å². The van der Waals surface area contributed by atoms with Crippen LogP contribution in [0.3, 0.4) is 0 Å². The van der Waals surface area contributed by atoms with Gasteiger partial charge in [-0.1, -0.05) is 62.1 Å². The Hall–Kier alpha value is -2.62. The second-order valence-corrected chi connectivity index (χ2v) is 6.13. The fourth-order valence-electron chi connectivity index (χ4n) is 2.56. The highest BCUT2D eigenvalue weighted by Gasteiger charge is 2.06. The van der Waals surface area contributed by atoms with Crippen LogP contribution in [0.2, 0.25) is 0 Å². The maximum atomic E-state index is 11.7. The van der Waals surface area contributed by atoms with Crippen LogP contribution in [0.15, 0.2) is 60.7 Å². The monoisotopic (exact) mass is 354 g/mol. The molecule has 0 radical (unpaired) electrons. The first-order valence-electron chi connectivity index (χ1n) is 9.22. The first-order valence-corrected chi connectivity index (χ1v) is 9.22. The number of carbonyl (C=O) groups excluding carboxylic acids is 2. The molecule has 138 valence electrons. The van der Waals surface area contributed by atoms with E-state index in [4.69, 9.17) is 9.47 Å². The smallest absolute Gasteiger partial charge is 0.338 e. The van der Waals surface area contributed by atoms with Gasteiger partial charge in [0, 0.05) is 0 Å². The molecule has 0 aliphatic heterocycles. The highest BCUT2D eigenvalue weighted by molar-refractivity contribution is 5.89. The minimum Gasteiger partial charge on any atom is -0.462 e. The Labute approximate surface area is 155 Å². The van der Waals surface area contributed by atoms with Crippen molar-refractivity contribution in [3.8, 4) is 0 Å². The van der Waals surface area contributed by atoms with Crippen molar-refractivity contribution in [3.63, 3.8) is 0 Å². The molecule has 0 aliphatic carbocycles. The number of ether oxygens (including phenoxy) is 2. The lowest BCUT2D eigenvalue weighted by molar-refractivity contribution is 0.0484. The molecule has 0 atom stereocenters. The summed E-state index contributed by atoms with van der Waals surface area (Å²) in [6.07, 6.45) is 6.01. The zero-order valence-electron chi connectivity index (χ0n) is 15.1. The lowest BCUT2D eigenvalue weighted by atomic mass is 10.1. The number of rotatable bonds is 11. The van der Waals surface area contributed by atoms with Crippen LogP contribution in [-0.2, 0) is 9.47 Å². The van der Waals surface area contributed by atoms with Crippen molar-refractivity contribution >= 4 is 11.9 Å². The quantitative estimate of drug-likeness (QED) is 0.419. The second kappa shape index (κ2) is 11.9. The Morgan fingerprint density at radius 1 is 0.538 bits per heavy atom. The maximum Gasteiger partial charge on any atom is 0.338 e. The maximum absolute atomic E-state index is 11.7. The van der Waals surface area contributed by atoms with Gasteiger partial charge in [-0.25, -0.2) is 9.59 Å². The van der Waals surface area contributed by atoms with Gasteiger partial charge in [-0.2, -0.15) is 0 Å². The molecule has 0 aromatic heterocycles. The van der Waals surface area contributed by atoms with E-state index in [-0.39, 0.29) is 11.9 Å². The molecular weight excluding hydrogens is 328 g/mol. The molecule has 2 aromatic rings. The molecule has 0 aliphatic rings. The number of esters is 2. The molecule has 0 amide bonds. The van der Waals surface area contributed by atoms with Crippen molar-refractivity contribution in [1.82, 2.24) is 0 Å². The molecule has 0 spiro atoms. The first kappa shape index (κ1) is 19.7. The minimum absolute atomic E-state index is 0.258. The zero-order chi connectivity index (χ0) is 18.5. The Balaban J connectivity index is 1.41. The van der Waals surface area contributed by atoms with Crippen LogP contribution in [0.4, 0.5) is 0 Å². The molecule has 0 bridgehead atoms. The summed E-state index contributed by atoms with van der Waals surface area (Å²) < 4.78 is 10.5. The number of carbonyl (C=O) groups is 2. The van der Waals surface area contributed by atoms with E-state index in [9.17, 15) is 9.59 Å². The van der Waals surface area contributed by atoms with Gasteiger partial charge in [-0.3, -0.25) is 0 Å². The number of unbranched alkanes of at least 4 members (excludes halogenated alkanes) is 5. The molecule has 0 unspecified atom stereocenters. The summed E-state index contributed by atoms with van der Waals surface area (Å²) in [7, 11) is 0. The van der Waals surface area contributed by atoms with E-state index in [1.54, 1.807) is 24.3 Å². The van der Waals surface area contributed by atoms with E-state index < -0.39 is 0 Å². The highest BCUT2D eigenvalue weighted by Crippen LogP contribution is 2.08. The Morgan fingerprint density at radius 3 is 1.27 bits per heavy atom. The Bertz CT molecular complexity index is 593. The van der Waals surface area contributed by atoms with Crippen molar-refractivity contribution in [2.75, 3.05) is 13.2 Å². The molecule has 0 saturated heterocycles. The van der Waals surface area contributed by atoms with Gasteiger partial charge < -0.3 is 9.47 Å². The lowest BCUT2D eigenvalue weighted by Crippen LogP contribution is -2.06. The summed E-state index contributed by atoms with van der Waals surface area (Å²) in [5.74, 6) is -0.517. The summed E-state index contributed by atoms with van der Waals surface area (Å²) in [5.41, 5.74) is 1.19. The fourth-order valence-corrected chi connectivity index (χ4v) is 2.56. The van der Waals surface area contributed by atoms with E-state index in [2.05, 4.69) is 0 Å². The molecule has 2 aromatic carbocycles. The SMILES string of the molecule is O=C(OCCCCCCCCOC(=O)c1ccccc1)c1ccccc1. The predicted molar refractivity (Wildman–Crippen MR) is 101 cm³/mol. The van der Waals surface area contributed by atoms with E-state index >= 15 is 0 Å². The minimum atomic E-state index is -0.258. The molecular formula is C22H26O4. The third-order valence-electron chi connectivity index (χ3n) is 4.02. The van der Waals surface area contributed by atoms with Gasteiger partial charge in [0.1, 0.15) is 0 Å². The van der Waals surface area contributed by atoms with Crippen molar-refractivity contribution in [1.29, 1.82) is 0 Å². The Kier molecular flexibility index (Phi) is 8.98. The van der Waals surface area contributed by atoms with E-state index in [0.29, 0.717) is 24.3 Å². The summed E-state index contributed by atoms with van der Waals surface area (Å²) in [5, 5.41) is 0. The van der Waals surface area contributed by atoms with Crippen molar-refractivity contribution in [3.05, 3.63) is 71.8 Å². The van der Waals surface area contributed by atoms with Crippen LogP contribution in [-0.4, -0.2) is 25.2 Å². The van der Waals surface area contributed by atoms with Crippen LogP contribution >= 0.6 is 0 Å². The molecule has 26 heavy (non-hydrogen) atoms. The van der Waals surface area contributed by atoms with Gasteiger partial charge in [0.15, 0.2) is 0 Å². The molecule has 4 heteroatoms. The summed E-state index contributed by atoms with van der Waals surface area (Å²) in [4.78, 5) is 23.5. The van der Waals surface area contributed by atoms with Crippen molar-refractivity contribution in [2.24, 2.45) is 0 Å². The summed E-state index contributed by atoms with van der Waals surface area (Å²) in [6, 6.07) is 18.1. The van der Waals surface area contributed by atoms with Gasteiger partial charge in [0.2, 0.25) is 0 Å². The van der Waals surface area contributed by atoms with Crippen LogP contribution in [0, 0.1) is 0 Å². The average Bonchev–Trinajstić information content (AvgIpc) is 2.70. The van der Waals surface area contributed by atoms with Gasteiger partial charge in [-0.15, -0.1) is 0 Å². The van der Waals surface area contributed by atoms with Crippen LogP contribution in [0.5, 0.6) is 0 Å². The van der Waals surface area contributed by atoms with Crippen molar-refractivity contribution in [2.45, 2.75) is 38.5 Å². The van der Waals surface area contributed by atoms with Crippen LogP contribution in [0.1, 0.15) is 59.2 Å². The standard InChI is InChI=1S/C22H26O4/c23-21(19-13-7-5-8-14-19)25-17-11-3-1-2-4-12-18-26-22(24)20-15-9-6-10-16-20/h5-10,13-16H,1-4,11-12,17-18H2. The topological polar surface area (TPSA) is 52.6 Å². The molecule has 2 rings (SSSR count). The third kappa shape index (κ3) is 7.51. The summed E-state index contributed by atoms with van der Waals surface area (Å²) >= 11 is 0. The molecule has 0 saturated carbocycles. The van der Waals surface area contributed by atoms with Crippen LogP contribution < -0.4 is 0 Å². The largest absolute Gasteiger partial charge is 0.462 e. The summed E-state index contributed by atoms with van der Waals surface area (Å²) in [6.45, 7) is 0.921. The number of hydrogen-bond acceptors (Lipinski definition) is 4.